The van der Waals surface area contributed by atoms with Crippen LogP contribution >= 0.6 is 0 Å². The number of hydrogen-bond donors (Lipinski definition) is 2. The molecule has 2 aromatic carbocycles. The van der Waals surface area contributed by atoms with Crippen molar-refractivity contribution in [2.75, 3.05) is 0 Å². The maximum Gasteiger partial charge on any atom is 0.251 e. The first-order valence-corrected chi connectivity index (χ1v) is 6.70. The molecule has 0 aliphatic carbocycles. The molecule has 0 spiro atoms. The summed E-state index contributed by atoms with van der Waals surface area (Å²) in [6.07, 6.45) is 0.795. The number of aryl methyl sites for hydroxylation is 1. The van der Waals surface area contributed by atoms with Gasteiger partial charge < -0.3 is 10.4 Å². The molecule has 1 amide bonds. The smallest absolute Gasteiger partial charge is 0.251 e. The minimum Gasteiger partial charge on any atom is -0.508 e. The molecule has 3 heteroatoms. The van der Waals surface area contributed by atoms with Gasteiger partial charge in [-0.25, -0.2) is 0 Å². The lowest BCUT2D eigenvalue weighted by atomic mass is 10.0. The summed E-state index contributed by atoms with van der Waals surface area (Å²) in [6, 6.07) is 14.9. The Balaban J connectivity index is 2.00. The van der Waals surface area contributed by atoms with Gasteiger partial charge in [0.15, 0.2) is 0 Å². The highest BCUT2D eigenvalue weighted by Crippen LogP contribution is 2.15. The second kappa shape index (κ2) is 6.24. The summed E-state index contributed by atoms with van der Waals surface area (Å²) in [6.45, 7) is 3.80. The summed E-state index contributed by atoms with van der Waals surface area (Å²) in [5.74, 6) is 0.0716. The van der Waals surface area contributed by atoms with Gasteiger partial charge in [0, 0.05) is 11.6 Å². The van der Waals surface area contributed by atoms with Crippen LogP contribution in [0.15, 0.2) is 48.5 Å². The van der Waals surface area contributed by atoms with Crippen molar-refractivity contribution in [3.05, 3.63) is 65.2 Å². The lowest BCUT2D eigenvalue weighted by molar-refractivity contribution is 0.0939. The topological polar surface area (TPSA) is 49.3 Å². The zero-order valence-corrected chi connectivity index (χ0v) is 11.8. The standard InChI is InChI=1S/C17H19NO2/c1-12-10-15(19)8-9-16(12)17(20)18-13(2)11-14-6-4-3-5-7-14/h3-10,13,19H,11H2,1-2H3,(H,18,20). The lowest BCUT2D eigenvalue weighted by Gasteiger charge is -2.15. The van der Waals surface area contributed by atoms with Crippen molar-refractivity contribution < 1.29 is 9.90 Å². The Hall–Kier alpha value is -2.29. The van der Waals surface area contributed by atoms with E-state index in [2.05, 4.69) is 17.4 Å². The molecule has 20 heavy (non-hydrogen) atoms. The van der Waals surface area contributed by atoms with Crippen molar-refractivity contribution >= 4 is 5.91 Å². The highest BCUT2D eigenvalue weighted by atomic mass is 16.3. The molecule has 0 aliphatic heterocycles. The first-order valence-electron chi connectivity index (χ1n) is 6.70. The zero-order valence-electron chi connectivity index (χ0n) is 11.8. The molecule has 104 valence electrons. The predicted octanol–water partition coefficient (Wildman–Crippen LogP) is 3.06. The summed E-state index contributed by atoms with van der Waals surface area (Å²) in [7, 11) is 0. The van der Waals surface area contributed by atoms with Gasteiger partial charge in [-0.15, -0.1) is 0 Å². The van der Waals surface area contributed by atoms with Crippen molar-refractivity contribution in [1.82, 2.24) is 5.32 Å². The third-order valence-corrected chi connectivity index (χ3v) is 3.22. The summed E-state index contributed by atoms with van der Waals surface area (Å²) in [4.78, 5) is 12.2. The molecule has 0 aliphatic rings. The Labute approximate surface area is 119 Å². The van der Waals surface area contributed by atoms with Crippen LogP contribution in [0.1, 0.15) is 28.4 Å². The number of carbonyl (C=O) groups excluding carboxylic acids is 1. The fourth-order valence-electron chi connectivity index (χ4n) is 2.22. The summed E-state index contributed by atoms with van der Waals surface area (Å²) in [5, 5.41) is 12.3. The van der Waals surface area contributed by atoms with Gasteiger partial charge >= 0.3 is 0 Å². The molecule has 1 unspecified atom stereocenters. The molecule has 2 N–H and O–H groups in total. The van der Waals surface area contributed by atoms with Crippen LogP contribution in [0.4, 0.5) is 0 Å². The average Bonchev–Trinajstić information content (AvgIpc) is 2.39. The average molecular weight is 269 g/mol. The van der Waals surface area contributed by atoms with E-state index >= 15 is 0 Å². The van der Waals surface area contributed by atoms with E-state index in [9.17, 15) is 9.90 Å². The van der Waals surface area contributed by atoms with Crippen molar-refractivity contribution in [2.24, 2.45) is 0 Å². The van der Waals surface area contributed by atoms with Crippen LogP contribution in [-0.4, -0.2) is 17.1 Å². The third kappa shape index (κ3) is 3.60. The molecule has 0 heterocycles. The zero-order chi connectivity index (χ0) is 14.5. The molecule has 2 rings (SSSR count). The van der Waals surface area contributed by atoms with Gasteiger partial charge in [-0.3, -0.25) is 4.79 Å². The minimum atomic E-state index is -0.106. The summed E-state index contributed by atoms with van der Waals surface area (Å²) in [5.41, 5.74) is 2.57. The number of carbonyl (C=O) groups is 1. The van der Waals surface area contributed by atoms with Crippen molar-refractivity contribution in [1.29, 1.82) is 0 Å². The van der Waals surface area contributed by atoms with Gasteiger partial charge in [0.05, 0.1) is 0 Å². The van der Waals surface area contributed by atoms with E-state index in [-0.39, 0.29) is 17.7 Å². The van der Waals surface area contributed by atoms with Gasteiger partial charge in [0.2, 0.25) is 0 Å². The van der Waals surface area contributed by atoms with E-state index in [4.69, 9.17) is 0 Å². The normalized spacial score (nSPS) is 11.9. The summed E-state index contributed by atoms with van der Waals surface area (Å²) >= 11 is 0. The number of benzene rings is 2. The fourth-order valence-corrected chi connectivity index (χ4v) is 2.22. The first-order chi connectivity index (χ1) is 9.56. The van der Waals surface area contributed by atoms with E-state index in [1.807, 2.05) is 32.0 Å². The Bertz CT molecular complexity index is 593. The molecule has 0 saturated carbocycles. The van der Waals surface area contributed by atoms with Crippen LogP contribution in [0.25, 0.3) is 0 Å². The van der Waals surface area contributed by atoms with Gasteiger partial charge in [-0.2, -0.15) is 0 Å². The van der Waals surface area contributed by atoms with E-state index in [1.165, 1.54) is 11.6 Å². The molecule has 0 saturated heterocycles. The number of phenols is 1. The Morgan fingerprint density at radius 1 is 1.20 bits per heavy atom. The number of rotatable bonds is 4. The first kappa shape index (κ1) is 14.1. The van der Waals surface area contributed by atoms with Crippen LogP contribution in [0.2, 0.25) is 0 Å². The second-order valence-electron chi connectivity index (χ2n) is 5.06. The summed E-state index contributed by atoms with van der Waals surface area (Å²) < 4.78 is 0. The molecule has 0 fully saturated rings. The lowest BCUT2D eigenvalue weighted by Crippen LogP contribution is -2.34. The molecule has 2 aromatic rings. The fraction of sp³-hybridized carbons (Fsp3) is 0.235. The van der Waals surface area contributed by atoms with Crippen LogP contribution in [0.3, 0.4) is 0 Å². The molecule has 0 bridgehead atoms. The van der Waals surface area contributed by atoms with Crippen molar-refractivity contribution in [3.8, 4) is 5.75 Å². The van der Waals surface area contributed by atoms with Crippen LogP contribution in [-0.2, 0) is 6.42 Å². The Morgan fingerprint density at radius 3 is 2.55 bits per heavy atom. The Morgan fingerprint density at radius 2 is 1.90 bits per heavy atom. The number of phenolic OH excluding ortho intramolecular Hbond substituents is 1. The minimum absolute atomic E-state index is 0.0538. The quantitative estimate of drug-likeness (QED) is 0.896. The van der Waals surface area contributed by atoms with Crippen LogP contribution < -0.4 is 5.32 Å². The SMILES string of the molecule is Cc1cc(O)ccc1C(=O)NC(C)Cc1ccccc1. The molecular weight excluding hydrogens is 250 g/mol. The van der Waals surface area contributed by atoms with Crippen molar-refractivity contribution in [2.45, 2.75) is 26.3 Å². The molecular formula is C17H19NO2. The number of hydrogen-bond acceptors (Lipinski definition) is 2. The second-order valence-corrected chi connectivity index (χ2v) is 5.06. The highest BCUT2D eigenvalue weighted by Gasteiger charge is 2.12. The maximum atomic E-state index is 12.2. The van der Waals surface area contributed by atoms with E-state index in [1.54, 1.807) is 12.1 Å². The predicted molar refractivity (Wildman–Crippen MR) is 79.9 cm³/mol. The molecule has 0 aromatic heterocycles. The third-order valence-electron chi connectivity index (χ3n) is 3.22. The number of aromatic hydroxyl groups is 1. The van der Waals surface area contributed by atoms with E-state index in [0.29, 0.717) is 5.56 Å². The van der Waals surface area contributed by atoms with Crippen LogP contribution in [0.5, 0.6) is 5.75 Å². The number of amides is 1. The highest BCUT2D eigenvalue weighted by molar-refractivity contribution is 5.95. The number of nitrogens with one attached hydrogen (secondary N) is 1. The van der Waals surface area contributed by atoms with Gasteiger partial charge in [0.25, 0.3) is 5.91 Å². The van der Waals surface area contributed by atoms with Crippen LogP contribution in [0, 0.1) is 6.92 Å². The Kier molecular flexibility index (Phi) is 4.41. The molecule has 3 nitrogen and oxygen atoms in total. The van der Waals surface area contributed by atoms with E-state index in [0.717, 1.165) is 12.0 Å². The van der Waals surface area contributed by atoms with Crippen molar-refractivity contribution in [3.63, 3.8) is 0 Å². The largest absolute Gasteiger partial charge is 0.508 e. The van der Waals surface area contributed by atoms with Gasteiger partial charge in [0.1, 0.15) is 5.75 Å². The monoisotopic (exact) mass is 269 g/mol. The maximum absolute atomic E-state index is 12.2. The van der Waals surface area contributed by atoms with Gasteiger partial charge in [-0.05, 0) is 49.6 Å². The van der Waals surface area contributed by atoms with Gasteiger partial charge in [-0.1, -0.05) is 30.3 Å². The molecule has 0 radical (unpaired) electrons. The van der Waals surface area contributed by atoms with E-state index < -0.39 is 0 Å². The molecule has 1 atom stereocenters.